The number of hydrogen-bond acceptors (Lipinski definition) is 5. The molecule has 7 nitrogen and oxygen atoms in total. The van der Waals surface area contributed by atoms with Gasteiger partial charge in [0.2, 0.25) is 10.0 Å². The molecule has 1 unspecified atom stereocenters. The van der Waals surface area contributed by atoms with E-state index in [2.05, 4.69) is 26.6 Å². The Morgan fingerprint density at radius 3 is 2.31 bits per heavy atom. The molecule has 2 heterocycles. The lowest BCUT2D eigenvalue weighted by molar-refractivity contribution is -0.141. The van der Waals surface area contributed by atoms with Crippen molar-refractivity contribution in [3.05, 3.63) is 76.1 Å². The molecule has 222 valence electrons. The van der Waals surface area contributed by atoms with Gasteiger partial charge in [0.15, 0.2) is 5.82 Å². The van der Waals surface area contributed by atoms with Crippen LogP contribution in [0.4, 0.5) is 27.8 Å². The molecule has 0 radical (unpaired) electrons. The summed E-state index contributed by atoms with van der Waals surface area (Å²) < 4.78 is 95.4. The van der Waals surface area contributed by atoms with Crippen molar-refractivity contribution in [2.75, 3.05) is 11.0 Å². The molecule has 0 bridgehead atoms. The van der Waals surface area contributed by atoms with Gasteiger partial charge in [-0.3, -0.25) is 9.40 Å². The van der Waals surface area contributed by atoms with E-state index in [0.29, 0.717) is 10.4 Å². The molecule has 2 aromatic heterocycles. The molecule has 2 aromatic carbocycles. The maximum atomic E-state index is 13.9. The molecule has 0 saturated heterocycles. The third-order valence-electron chi connectivity index (χ3n) is 5.89. The molecule has 3 N–H and O–H groups in total. The molecule has 0 aliphatic heterocycles. The predicted octanol–water partition coefficient (Wildman–Crippen LogP) is 6.21. The lowest BCUT2D eigenvalue weighted by Crippen LogP contribution is -2.20. The highest BCUT2D eigenvalue weighted by Crippen LogP contribution is 2.40. The number of hydrogen-bond donors (Lipinski definition) is 2. The van der Waals surface area contributed by atoms with Gasteiger partial charge in [-0.05, 0) is 48.2 Å². The molecular weight excluding hydrogens is 601 g/mol. The van der Waals surface area contributed by atoms with Crippen LogP contribution in [-0.4, -0.2) is 35.6 Å². The average Bonchev–Trinajstić information content (AvgIpc) is 3.17. The van der Waals surface area contributed by atoms with Crippen molar-refractivity contribution in [3.8, 4) is 23.0 Å². The molecule has 4 aromatic rings. The van der Waals surface area contributed by atoms with E-state index in [-0.39, 0.29) is 50.6 Å². The number of alkyl halides is 3. The van der Waals surface area contributed by atoms with Crippen molar-refractivity contribution >= 4 is 38.3 Å². The second-order valence-electron chi connectivity index (χ2n) is 9.96. The minimum atomic E-state index is -4.73. The number of fused-ring (bicyclic) bond motifs is 1. The number of nitrogens with zero attached hydrogens (tertiary/aromatic N) is 3. The van der Waals surface area contributed by atoms with Crippen molar-refractivity contribution < 1.29 is 30.4 Å². The SMILES string of the molecule is CC(C)C#Cc1ccc(-c2ccc(Cl)c3c(NS(C)(=O)=O)nn(CC(F)(F)F)c23)c(C(N)Cc2cc(F)cc(F)c2)n1. The molecule has 14 heteroatoms. The highest BCUT2D eigenvalue weighted by atomic mass is 35.5. The molecule has 0 spiro atoms. The number of aromatic nitrogens is 3. The smallest absolute Gasteiger partial charge is 0.322 e. The molecule has 1 atom stereocenters. The third-order valence-corrected chi connectivity index (χ3v) is 6.77. The summed E-state index contributed by atoms with van der Waals surface area (Å²) in [7, 11) is -3.95. The summed E-state index contributed by atoms with van der Waals surface area (Å²) in [6, 6.07) is 7.92. The Kier molecular flexibility index (Phi) is 8.82. The van der Waals surface area contributed by atoms with E-state index in [0.717, 1.165) is 24.5 Å². The Labute approximate surface area is 243 Å². The van der Waals surface area contributed by atoms with E-state index in [1.54, 1.807) is 12.1 Å². The minimum Gasteiger partial charge on any atom is -0.322 e. The number of sulfonamides is 1. The standard InChI is InChI=1S/C28H25ClF5N5O2S/c1-15(2)4-5-19-6-7-20(25(36-19)23(35)12-16-10-17(30)13-18(31)11-16)21-8-9-22(29)24-26(21)39(14-28(32,33)34)37-27(24)38-42(3,40)41/h6-11,13,15,23H,12,14,35H2,1-3H3,(H,37,38). The van der Waals surface area contributed by atoms with E-state index < -0.39 is 46.2 Å². The van der Waals surface area contributed by atoms with Crippen LogP contribution in [0.15, 0.2) is 42.5 Å². The van der Waals surface area contributed by atoms with Gasteiger partial charge >= 0.3 is 6.18 Å². The first-order valence-corrected chi connectivity index (χ1v) is 14.7. The van der Waals surface area contributed by atoms with E-state index in [4.69, 9.17) is 17.3 Å². The van der Waals surface area contributed by atoms with Crippen LogP contribution in [0.2, 0.25) is 5.02 Å². The number of nitrogens with two attached hydrogens (primary N) is 1. The first-order chi connectivity index (χ1) is 19.5. The summed E-state index contributed by atoms with van der Waals surface area (Å²) in [4.78, 5) is 4.58. The average molecular weight is 626 g/mol. The van der Waals surface area contributed by atoms with Gasteiger partial charge in [-0.1, -0.05) is 37.4 Å². The highest BCUT2D eigenvalue weighted by molar-refractivity contribution is 7.92. The largest absolute Gasteiger partial charge is 0.408 e. The topological polar surface area (TPSA) is 103 Å². The number of anilines is 1. The van der Waals surface area contributed by atoms with Gasteiger partial charge < -0.3 is 5.73 Å². The summed E-state index contributed by atoms with van der Waals surface area (Å²) in [5, 5.41) is 3.78. The van der Waals surface area contributed by atoms with E-state index in [1.807, 2.05) is 13.8 Å². The number of benzene rings is 2. The molecule has 0 fully saturated rings. The van der Waals surface area contributed by atoms with Gasteiger partial charge in [0.25, 0.3) is 0 Å². The van der Waals surface area contributed by atoms with Gasteiger partial charge in [0.05, 0.1) is 33.9 Å². The van der Waals surface area contributed by atoms with Crippen molar-refractivity contribution in [3.63, 3.8) is 0 Å². The molecule has 0 aliphatic carbocycles. The second-order valence-corrected chi connectivity index (χ2v) is 12.1. The first-order valence-electron chi connectivity index (χ1n) is 12.5. The van der Waals surface area contributed by atoms with Crippen LogP contribution in [0.5, 0.6) is 0 Å². The molecular formula is C28H25ClF5N5O2S. The van der Waals surface area contributed by atoms with Crippen LogP contribution in [0, 0.1) is 29.4 Å². The van der Waals surface area contributed by atoms with Crippen LogP contribution < -0.4 is 10.5 Å². The van der Waals surface area contributed by atoms with Crippen molar-refractivity contribution in [1.29, 1.82) is 0 Å². The Morgan fingerprint density at radius 2 is 1.71 bits per heavy atom. The van der Waals surface area contributed by atoms with Gasteiger partial charge in [0.1, 0.15) is 23.9 Å². The fraction of sp³-hybridized carbons (Fsp3) is 0.286. The number of nitrogens with one attached hydrogen (secondary N) is 1. The summed E-state index contributed by atoms with van der Waals surface area (Å²) >= 11 is 6.37. The molecule has 42 heavy (non-hydrogen) atoms. The predicted molar refractivity (Wildman–Crippen MR) is 151 cm³/mol. The minimum absolute atomic E-state index is 0.00671. The maximum Gasteiger partial charge on any atom is 0.408 e. The molecule has 0 saturated carbocycles. The molecule has 0 aliphatic rings. The Balaban J connectivity index is 1.99. The van der Waals surface area contributed by atoms with Crippen LogP contribution in [0.3, 0.4) is 0 Å². The summed E-state index contributed by atoms with van der Waals surface area (Å²) in [5.74, 6) is 3.90. The Hall–Kier alpha value is -3.73. The Morgan fingerprint density at radius 1 is 1.07 bits per heavy atom. The number of halogens is 6. The van der Waals surface area contributed by atoms with E-state index in [9.17, 15) is 30.4 Å². The summed E-state index contributed by atoms with van der Waals surface area (Å²) in [5.41, 5.74) is 7.55. The van der Waals surface area contributed by atoms with Crippen LogP contribution in [0.25, 0.3) is 22.0 Å². The summed E-state index contributed by atoms with van der Waals surface area (Å²) in [6.07, 6.45) is -3.97. The van der Waals surface area contributed by atoms with Crippen LogP contribution in [0.1, 0.15) is 36.8 Å². The molecule has 4 rings (SSSR count). The van der Waals surface area contributed by atoms with Crippen LogP contribution >= 0.6 is 11.6 Å². The summed E-state index contributed by atoms with van der Waals surface area (Å²) in [6.45, 7) is 2.19. The zero-order valence-electron chi connectivity index (χ0n) is 22.5. The molecule has 0 amide bonds. The normalized spacial score (nSPS) is 12.8. The van der Waals surface area contributed by atoms with Crippen molar-refractivity contribution in [2.45, 2.75) is 39.0 Å². The fourth-order valence-electron chi connectivity index (χ4n) is 4.38. The monoisotopic (exact) mass is 625 g/mol. The zero-order chi connectivity index (χ0) is 31.0. The number of rotatable bonds is 7. The third kappa shape index (κ3) is 7.56. The van der Waals surface area contributed by atoms with Gasteiger partial charge in [-0.2, -0.15) is 18.3 Å². The lowest BCUT2D eigenvalue weighted by Gasteiger charge is -2.18. The van der Waals surface area contributed by atoms with E-state index in [1.165, 1.54) is 12.1 Å². The van der Waals surface area contributed by atoms with E-state index >= 15 is 0 Å². The van der Waals surface area contributed by atoms with Gasteiger partial charge in [-0.15, -0.1) is 0 Å². The fourth-order valence-corrected chi connectivity index (χ4v) is 5.12. The zero-order valence-corrected chi connectivity index (χ0v) is 24.1. The lowest BCUT2D eigenvalue weighted by atomic mass is 9.94. The Bertz CT molecular complexity index is 1810. The quantitative estimate of drug-likeness (QED) is 0.188. The van der Waals surface area contributed by atoms with Crippen LogP contribution in [-0.2, 0) is 23.0 Å². The second kappa shape index (κ2) is 11.9. The maximum absolute atomic E-state index is 13.9. The van der Waals surface area contributed by atoms with Crippen molar-refractivity contribution in [1.82, 2.24) is 14.8 Å². The first kappa shape index (κ1) is 31.2. The van der Waals surface area contributed by atoms with Gasteiger partial charge in [0, 0.05) is 23.1 Å². The van der Waals surface area contributed by atoms with Gasteiger partial charge in [-0.25, -0.2) is 22.2 Å². The van der Waals surface area contributed by atoms with Crippen molar-refractivity contribution in [2.24, 2.45) is 11.7 Å². The number of pyridine rings is 1. The highest BCUT2D eigenvalue weighted by Gasteiger charge is 2.32.